The summed E-state index contributed by atoms with van der Waals surface area (Å²) in [5.74, 6) is -2.13. The van der Waals surface area contributed by atoms with E-state index in [-0.39, 0.29) is 12.8 Å². The average molecular weight is 285 g/mol. The predicted octanol–water partition coefficient (Wildman–Crippen LogP) is 1.19. The summed E-state index contributed by atoms with van der Waals surface area (Å²) in [5.41, 5.74) is 0. The third-order valence-electron chi connectivity index (χ3n) is 2.43. The lowest BCUT2D eigenvalue weighted by Gasteiger charge is -2.13. The zero-order valence-corrected chi connectivity index (χ0v) is 11.5. The number of thiophene rings is 1. The largest absolute Gasteiger partial charge is 0.480 e. The molecule has 1 atom stereocenters. The van der Waals surface area contributed by atoms with Crippen molar-refractivity contribution < 1.29 is 24.2 Å². The predicted molar refractivity (Wildman–Crippen MR) is 69.2 cm³/mol. The van der Waals surface area contributed by atoms with Crippen LogP contribution in [0.1, 0.15) is 27.4 Å². The molecule has 1 unspecified atom stereocenters. The maximum Gasteiger partial charge on any atom is 0.326 e. The fourth-order valence-corrected chi connectivity index (χ4v) is 2.18. The van der Waals surface area contributed by atoms with E-state index >= 15 is 0 Å². The molecule has 0 radical (unpaired) electrons. The smallest absolute Gasteiger partial charge is 0.326 e. The summed E-state index contributed by atoms with van der Waals surface area (Å²) in [5, 5.41) is 11.4. The van der Waals surface area contributed by atoms with Gasteiger partial charge in [-0.25, -0.2) is 4.79 Å². The van der Waals surface area contributed by atoms with Gasteiger partial charge in [-0.15, -0.1) is 11.3 Å². The van der Waals surface area contributed by atoms with Gasteiger partial charge in [0.15, 0.2) is 0 Å². The number of carboxylic acids is 1. The first-order valence-electron chi connectivity index (χ1n) is 5.61. The summed E-state index contributed by atoms with van der Waals surface area (Å²) >= 11 is 1.28. The Morgan fingerprint density at radius 2 is 2.11 bits per heavy atom. The monoisotopic (exact) mass is 285 g/mol. The van der Waals surface area contributed by atoms with Crippen LogP contribution in [-0.4, -0.2) is 36.1 Å². The van der Waals surface area contributed by atoms with Crippen molar-refractivity contribution in [3.63, 3.8) is 0 Å². The molecule has 0 aliphatic rings. The number of carbonyl (C=O) groups excluding carboxylic acids is 2. The first-order chi connectivity index (χ1) is 8.93. The van der Waals surface area contributed by atoms with Crippen molar-refractivity contribution >= 4 is 29.2 Å². The summed E-state index contributed by atoms with van der Waals surface area (Å²) in [6, 6.07) is 2.31. The second-order valence-corrected chi connectivity index (χ2v) is 5.18. The minimum atomic E-state index is -1.18. The Balaban J connectivity index is 2.61. The molecule has 0 spiro atoms. The Morgan fingerprint density at radius 1 is 1.42 bits per heavy atom. The SMILES string of the molecule is COC(=O)CCC(NC(=O)c1ccc(C)s1)C(=O)O. The number of hydrogen-bond acceptors (Lipinski definition) is 5. The minimum Gasteiger partial charge on any atom is -0.480 e. The summed E-state index contributed by atoms with van der Waals surface area (Å²) in [7, 11) is 1.23. The number of aryl methyl sites for hydroxylation is 1. The Labute approximate surface area is 114 Å². The summed E-state index contributed by atoms with van der Waals surface area (Å²) in [6.07, 6.45) is -0.0602. The molecule has 1 aromatic heterocycles. The molecule has 104 valence electrons. The van der Waals surface area contributed by atoms with Crippen molar-refractivity contribution in [1.29, 1.82) is 0 Å². The number of ether oxygens (including phenoxy) is 1. The van der Waals surface area contributed by atoms with Gasteiger partial charge in [0.05, 0.1) is 12.0 Å². The van der Waals surface area contributed by atoms with Gasteiger partial charge >= 0.3 is 11.9 Å². The molecule has 19 heavy (non-hydrogen) atoms. The fraction of sp³-hybridized carbons (Fsp3) is 0.417. The lowest BCUT2D eigenvalue weighted by Crippen LogP contribution is -2.40. The Bertz CT molecular complexity index is 482. The first kappa shape index (κ1) is 15.2. The molecule has 0 saturated carbocycles. The summed E-state index contributed by atoms with van der Waals surface area (Å²) in [4.78, 5) is 35.2. The molecule has 0 aliphatic carbocycles. The van der Waals surface area contributed by atoms with Gasteiger partial charge in [0.2, 0.25) is 0 Å². The molecule has 7 heteroatoms. The Kier molecular flexibility index (Phi) is 5.50. The van der Waals surface area contributed by atoms with Crippen molar-refractivity contribution in [3.05, 3.63) is 21.9 Å². The number of esters is 1. The van der Waals surface area contributed by atoms with Gasteiger partial charge in [0, 0.05) is 11.3 Å². The zero-order valence-electron chi connectivity index (χ0n) is 10.6. The van der Waals surface area contributed by atoms with Crippen LogP contribution in [0.3, 0.4) is 0 Å². The number of carboxylic acid groups (broad SMARTS) is 1. The first-order valence-corrected chi connectivity index (χ1v) is 6.42. The lowest BCUT2D eigenvalue weighted by atomic mass is 10.1. The van der Waals surface area contributed by atoms with E-state index in [9.17, 15) is 14.4 Å². The molecule has 1 amide bonds. The van der Waals surface area contributed by atoms with Gasteiger partial charge < -0.3 is 15.2 Å². The van der Waals surface area contributed by atoms with Crippen molar-refractivity contribution in [2.45, 2.75) is 25.8 Å². The van der Waals surface area contributed by atoms with Crippen LogP contribution in [0.15, 0.2) is 12.1 Å². The average Bonchev–Trinajstić information content (AvgIpc) is 2.80. The van der Waals surface area contributed by atoms with Crippen molar-refractivity contribution in [3.8, 4) is 0 Å². The number of rotatable bonds is 6. The normalized spacial score (nSPS) is 11.7. The highest BCUT2D eigenvalue weighted by Crippen LogP contribution is 2.15. The van der Waals surface area contributed by atoms with E-state index in [1.54, 1.807) is 12.1 Å². The van der Waals surface area contributed by atoms with E-state index in [1.165, 1.54) is 18.4 Å². The van der Waals surface area contributed by atoms with Crippen LogP contribution in [0.25, 0.3) is 0 Å². The van der Waals surface area contributed by atoms with Crippen LogP contribution in [0.4, 0.5) is 0 Å². The molecule has 2 N–H and O–H groups in total. The number of amides is 1. The fourth-order valence-electron chi connectivity index (χ4n) is 1.41. The maximum atomic E-state index is 11.8. The molecule has 1 rings (SSSR count). The van der Waals surface area contributed by atoms with E-state index in [0.29, 0.717) is 4.88 Å². The lowest BCUT2D eigenvalue weighted by molar-refractivity contribution is -0.142. The number of nitrogens with one attached hydrogen (secondary N) is 1. The van der Waals surface area contributed by atoms with Gasteiger partial charge in [-0.1, -0.05) is 0 Å². The van der Waals surface area contributed by atoms with Gasteiger partial charge in [-0.3, -0.25) is 9.59 Å². The molecule has 1 aromatic rings. The molecule has 0 fully saturated rings. The van der Waals surface area contributed by atoms with Gasteiger partial charge in [-0.2, -0.15) is 0 Å². The molecule has 0 aromatic carbocycles. The third-order valence-corrected chi connectivity index (χ3v) is 3.43. The molecule has 0 bridgehead atoms. The minimum absolute atomic E-state index is 0.00188. The Hall–Kier alpha value is -1.89. The quantitative estimate of drug-likeness (QED) is 0.766. The van der Waals surface area contributed by atoms with Crippen molar-refractivity contribution in [2.24, 2.45) is 0 Å². The second kappa shape index (κ2) is 6.89. The van der Waals surface area contributed by atoms with E-state index in [1.807, 2.05) is 6.92 Å². The van der Waals surface area contributed by atoms with Crippen LogP contribution >= 0.6 is 11.3 Å². The zero-order chi connectivity index (χ0) is 14.4. The highest BCUT2D eigenvalue weighted by atomic mass is 32.1. The molecule has 6 nitrogen and oxygen atoms in total. The molecule has 0 saturated heterocycles. The van der Waals surface area contributed by atoms with Crippen LogP contribution in [0, 0.1) is 6.92 Å². The second-order valence-electron chi connectivity index (χ2n) is 3.89. The van der Waals surface area contributed by atoms with Crippen LogP contribution in [0.2, 0.25) is 0 Å². The molecule has 1 heterocycles. The highest BCUT2D eigenvalue weighted by molar-refractivity contribution is 7.13. The number of methoxy groups -OCH3 is 1. The standard InChI is InChI=1S/C12H15NO5S/c1-7-3-5-9(19-7)11(15)13-8(12(16)17)4-6-10(14)18-2/h3,5,8H,4,6H2,1-2H3,(H,13,15)(H,16,17). The van der Waals surface area contributed by atoms with Crippen molar-refractivity contribution in [1.82, 2.24) is 5.32 Å². The topological polar surface area (TPSA) is 92.7 Å². The summed E-state index contributed by atoms with van der Waals surface area (Å²) < 4.78 is 4.43. The van der Waals surface area contributed by atoms with Gasteiger partial charge in [0.25, 0.3) is 5.91 Å². The van der Waals surface area contributed by atoms with E-state index in [4.69, 9.17) is 5.11 Å². The van der Waals surface area contributed by atoms with Gasteiger partial charge in [0.1, 0.15) is 6.04 Å². The number of carbonyl (C=O) groups is 3. The van der Waals surface area contributed by atoms with E-state index in [0.717, 1.165) is 4.88 Å². The van der Waals surface area contributed by atoms with E-state index < -0.39 is 23.9 Å². The van der Waals surface area contributed by atoms with E-state index in [2.05, 4.69) is 10.1 Å². The Morgan fingerprint density at radius 3 is 2.58 bits per heavy atom. The maximum absolute atomic E-state index is 11.8. The highest BCUT2D eigenvalue weighted by Gasteiger charge is 2.22. The van der Waals surface area contributed by atoms with Gasteiger partial charge in [-0.05, 0) is 25.5 Å². The molecule has 0 aliphatic heterocycles. The van der Waals surface area contributed by atoms with Crippen LogP contribution < -0.4 is 5.32 Å². The molecular formula is C12H15NO5S. The molecular weight excluding hydrogens is 270 g/mol. The van der Waals surface area contributed by atoms with Crippen LogP contribution in [0.5, 0.6) is 0 Å². The third kappa shape index (κ3) is 4.70. The van der Waals surface area contributed by atoms with Crippen molar-refractivity contribution in [2.75, 3.05) is 7.11 Å². The summed E-state index contributed by atoms with van der Waals surface area (Å²) in [6.45, 7) is 1.85. The number of hydrogen-bond donors (Lipinski definition) is 2. The number of aliphatic carboxylic acids is 1. The van der Waals surface area contributed by atoms with Crippen LogP contribution in [-0.2, 0) is 14.3 Å².